The third-order valence-electron chi connectivity index (χ3n) is 19.7. The number of likely N-dealkylation sites (N-methyl/N-ethyl adjacent to an activating group) is 1. The second kappa shape index (κ2) is 88.5. The maximum absolute atomic E-state index is 8.33. The van der Waals surface area contributed by atoms with E-state index in [2.05, 4.69) is 43.6 Å². The molecule has 658 valence electrons. The topological polar surface area (TPSA) is 516 Å². The van der Waals surface area contributed by atoms with Crippen LogP contribution in [0.5, 0.6) is 0 Å². The summed E-state index contributed by atoms with van der Waals surface area (Å²) in [5, 5.41) is 32.8. The van der Waals surface area contributed by atoms with Gasteiger partial charge in [0.15, 0.2) is 0 Å². The molecule has 11 rings (SSSR count). The van der Waals surface area contributed by atoms with Gasteiger partial charge in [0.05, 0.1) is 65.3 Å². The lowest BCUT2D eigenvalue weighted by Crippen LogP contribution is -2.49. The van der Waals surface area contributed by atoms with Gasteiger partial charge in [-0.15, -0.1) is 0 Å². The molecular weight excluding hydrogens is 1380 g/mol. The monoisotopic (exact) mass is 1570 g/mol. The van der Waals surface area contributed by atoms with Crippen molar-refractivity contribution >= 4 is 0 Å². The Labute approximate surface area is 667 Å². The molecule has 29 heteroatoms. The van der Waals surface area contributed by atoms with E-state index >= 15 is 0 Å². The maximum atomic E-state index is 8.33. The molecule has 4 aliphatic heterocycles. The van der Waals surface area contributed by atoms with Crippen LogP contribution in [0.1, 0.15) is 187 Å². The second-order valence-corrected chi connectivity index (χ2v) is 30.5. The van der Waals surface area contributed by atoms with Crippen molar-refractivity contribution in [1.82, 2.24) is 34.1 Å². The number of likely N-dealkylation sites (tertiary alicyclic amines) is 1. The van der Waals surface area contributed by atoms with E-state index in [9.17, 15) is 0 Å². The summed E-state index contributed by atoms with van der Waals surface area (Å²) in [7, 11) is 8.12. The number of hydrogen-bond donors (Lipinski definition) is 18. The lowest BCUT2D eigenvalue weighted by Gasteiger charge is -2.56. The van der Waals surface area contributed by atoms with Crippen molar-refractivity contribution in [2.45, 2.75) is 205 Å². The number of ether oxygens (including phenoxy) is 4. The van der Waals surface area contributed by atoms with Gasteiger partial charge in [0.25, 0.3) is 0 Å². The quantitative estimate of drug-likeness (QED) is 0.0448. The molecule has 0 aromatic carbocycles. The molecule has 32 N–H and O–H groups in total. The summed E-state index contributed by atoms with van der Waals surface area (Å²) in [6.45, 7) is 31.5. The average Bonchev–Trinajstić information content (AvgIpc) is 1.74. The molecule has 10 aliphatic rings. The van der Waals surface area contributed by atoms with Gasteiger partial charge in [0.1, 0.15) is 0 Å². The Morgan fingerprint density at radius 2 is 0.927 bits per heavy atom. The van der Waals surface area contributed by atoms with E-state index in [1.54, 1.807) is 12.5 Å². The number of aromatic nitrogens is 2. The number of aliphatic hydroxyl groups excluding tert-OH is 4. The first-order chi connectivity index (χ1) is 52.9. The Kier molecular flexibility index (Phi) is 92.1. The molecule has 1 aromatic rings. The van der Waals surface area contributed by atoms with Gasteiger partial charge < -0.3 is 139 Å². The van der Waals surface area contributed by atoms with Crippen LogP contribution in [0.2, 0.25) is 0 Å². The van der Waals surface area contributed by atoms with Gasteiger partial charge in [-0.1, -0.05) is 45.4 Å². The van der Waals surface area contributed by atoms with E-state index in [0.29, 0.717) is 51.0 Å². The summed E-state index contributed by atoms with van der Waals surface area (Å²) >= 11 is 0. The van der Waals surface area contributed by atoms with Crippen LogP contribution in [0.15, 0.2) is 18.7 Å². The van der Waals surface area contributed by atoms with Gasteiger partial charge in [-0.05, 0) is 283 Å². The number of nitrogens with two attached hydrogens (primary N) is 14. The summed E-state index contributed by atoms with van der Waals surface area (Å²) < 4.78 is 22.3. The molecule has 2 unspecified atom stereocenters. The minimum absolute atomic E-state index is 0.00926. The van der Waals surface area contributed by atoms with Gasteiger partial charge in [-0.2, -0.15) is 0 Å². The minimum atomic E-state index is -0.00926. The summed E-state index contributed by atoms with van der Waals surface area (Å²) in [6, 6.07) is -0.00926. The van der Waals surface area contributed by atoms with Crippen LogP contribution in [0.4, 0.5) is 0 Å². The van der Waals surface area contributed by atoms with Gasteiger partial charge >= 0.3 is 0 Å². The largest absolute Gasteiger partial charge is 0.396 e. The molecule has 6 aliphatic carbocycles. The molecule has 4 bridgehead atoms. The number of unbranched alkanes of at least 4 members (excludes halogenated alkanes) is 4. The van der Waals surface area contributed by atoms with Crippen molar-refractivity contribution in [1.29, 1.82) is 0 Å². The van der Waals surface area contributed by atoms with Crippen molar-refractivity contribution in [2.24, 2.45) is 115 Å². The van der Waals surface area contributed by atoms with Crippen molar-refractivity contribution in [3.05, 3.63) is 18.7 Å². The Bertz CT molecular complexity index is 1730. The van der Waals surface area contributed by atoms with Crippen molar-refractivity contribution < 1.29 is 39.4 Å². The van der Waals surface area contributed by atoms with Crippen LogP contribution >= 0.6 is 0 Å². The van der Waals surface area contributed by atoms with Crippen LogP contribution in [-0.4, -0.2) is 325 Å². The highest BCUT2D eigenvalue weighted by atomic mass is 16.5. The molecule has 5 heterocycles. The summed E-state index contributed by atoms with van der Waals surface area (Å²) in [6.07, 6.45) is 41.5. The van der Waals surface area contributed by atoms with Crippen molar-refractivity contribution in [3.8, 4) is 0 Å². The zero-order chi connectivity index (χ0) is 81.9. The molecule has 109 heavy (non-hydrogen) atoms. The first-order valence-corrected chi connectivity index (χ1v) is 43.0. The van der Waals surface area contributed by atoms with E-state index in [1.165, 1.54) is 122 Å². The predicted octanol–water partition coefficient (Wildman–Crippen LogP) is 2.06. The Morgan fingerprint density at radius 1 is 0.459 bits per heavy atom. The summed E-state index contributed by atoms with van der Waals surface area (Å²) in [4.78, 5) is 15.3. The summed E-state index contributed by atoms with van der Waals surface area (Å²) in [5.74, 6) is 4.98. The van der Waals surface area contributed by atoms with Crippen LogP contribution < -0.4 is 80.3 Å². The van der Waals surface area contributed by atoms with E-state index in [1.807, 2.05) is 31.8 Å². The Balaban J connectivity index is -0.000000548. The molecule has 0 amide bonds. The average molecular weight is 1570 g/mol. The van der Waals surface area contributed by atoms with Crippen LogP contribution in [0.25, 0.3) is 0 Å². The lowest BCUT2D eigenvalue weighted by atomic mass is 9.50. The molecule has 0 radical (unpaired) electrons. The molecule has 0 spiro atoms. The number of rotatable bonds is 33. The van der Waals surface area contributed by atoms with Crippen molar-refractivity contribution in [2.75, 3.05) is 258 Å². The normalized spacial score (nSPS) is 21.3. The molecule has 29 nitrogen and oxygen atoms in total. The molecule has 4 saturated heterocycles. The van der Waals surface area contributed by atoms with E-state index in [0.717, 1.165) is 264 Å². The number of aryl methyl sites for hydroxylation is 1. The molecule has 2 atom stereocenters. The van der Waals surface area contributed by atoms with Crippen LogP contribution in [-0.2, 0) is 25.5 Å². The zero-order valence-corrected chi connectivity index (χ0v) is 71.2. The van der Waals surface area contributed by atoms with E-state index in [-0.39, 0.29) is 25.9 Å². The highest BCUT2D eigenvalue weighted by Crippen LogP contribution is 2.59. The SMILES string of the molecule is CCC(N)CO.CN(C)CCCN.CN(C)CCN.NCC12CC3CC(CC(C3)C1)C2.NCC1CC1.NCC1CCCCC1.NCC1CCCO1.NCCCCCCO.NCCCCO.NCCCN1CCOCC1.NCCCn1ccnc1.NCCN1CCCCC1.NCCN1CCOCC1.NCCOCCO. The van der Waals surface area contributed by atoms with Crippen LogP contribution in [0.3, 0.4) is 0 Å². The Morgan fingerprint density at radius 3 is 1.25 bits per heavy atom. The lowest BCUT2D eigenvalue weighted by molar-refractivity contribution is -0.0468. The number of hydrogen-bond acceptors (Lipinski definition) is 28. The Hall–Kier alpha value is -1.87. The number of imidazole rings is 1. The predicted molar refractivity (Wildman–Crippen MR) is 460 cm³/mol. The van der Waals surface area contributed by atoms with E-state index < -0.39 is 0 Å². The molecular formula is C80H185N21O8. The van der Waals surface area contributed by atoms with Gasteiger partial charge in [-0.25, -0.2) is 4.98 Å². The summed E-state index contributed by atoms with van der Waals surface area (Å²) in [5.41, 5.74) is 75.2. The fourth-order valence-electron chi connectivity index (χ4n) is 13.3. The van der Waals surface area contributed by atoms with Crippen LogP contribution in [0, 0.1) is 35.0 Å². The van der Waals surface area contributed by atoms with Gasteiger partial charge in [0.2, 0.25) is 0 Å². The third kappa shape index (κ3) is 79.7. The minimum Gasteiger partial charge on any atom is -0.396 e. The number of aliphatic hydroxyl groups is 4. The first-order valence-electron chi connectivity index (χ1n) is 43.0. The van der Waals surface area contributed by atoms with Gasteiger partial charge in [0, 0.05) is 123 Å². The molecule has 10 fully saturated rings. The smallest absolute Gasteiger partial charge is 0.0945 e. The van der Waals surface area contributed by atoms with E-state index in [4.69, 9.17) is 120 Å². The highest BCUT2D eigenvalue weighted by molar-refractivity contribution is 5.01. The fourth-order valence-corrected chi connectivity index (χ4v) is 13.3. The second-order valence-electron chi connectivity index (χ2n) is 30.5. The van der Waals surface area contributed by atoms with Crippen molar-refractivity contribution in [3.63, 3.8) is 0 Å². The highest BCUT2D eigenvalue weighted by Gasteiger charge is 2.50. The van der Waals surface area contributed by atoms with Gasteiger partial charge in [-0.3, -0.25) is 9.80 Å². The number of morpholine rings is 2. The fraction of sp³-hybridized carbons (Fsp3) is 0.963. The number of nitrogens with zero attached hydrogens (tertiary/aromatic N) is 7. The zero-order valence-electron chi connectivity index (χ0n) is 71.2. The first kappa shape index (κ1) is 113. The standard InChI is InChI=1S/C11H19N.C7H16N2O.C7H16N2.C7H15N.C6H11N3.C6H14N2O.C6H15NO.C5H14N2.C5H11NO.C4H12N2.C4H11NO2.2C4H11NO.C4H9N/c12-7-11-4-8-1-9(5-11)3-10(2-8)6-11;8-2-1-3-9-4-6-10-7-5-9;8-4-7-9-5-2-1-3-6-9;8-6-7-4-2-1-3-5-7;7-2-1-4-9-5-3-8-6-9;7-1-2-8-3-5-9-6-4-8;7-5-3-1-2-4-6-8;1-7(2)5-3-4-6;6-4-5-2-1-3-7-5;1-6(2)4-3-5;5-1-3-7-4-2-6;1-2-4(5)3-6;5-3-1-2-4-6;5-3-4-1-2-4/h8-10H,1-7,12H2;1-8H2;1-8H2;7H,1-6,8H2;3,5-6H,1-2,4,7H2;1-7H2;8H,1-7H2;3-6H2,1-2H3;5H,1-4,6H2;3-5H2,1-2H3;6H,1-5H2;4,6H,2-3,5H2,1H3;6H,1-5H2;4H,1-3,5H2. The molecule has 6 saturated carbocycles. The third-order valence-corrected chi connectivity index (χ3v) is 19.7. The number of piperidine rings is 1. The maximum Gasteiger partial charge on any atom is 0.0945 e. The molecule has 1 aromatic heterocycles.